The van der Waals surface area contributed by atoms with Crippen LogP contribution in [0, 0.1) is 5.92 Å². The first-order chi connectivity index (χ1) is 11.3. The Hall–Kier alpha value is -2.74. The standard InChI is InChI=1S/C21H16O2/c1-3-7-17-15(5-1)9-10-20-18(17)13-21(14-22-20)12-11-16-6-2-4-8-19(16)23-21/h1-13,17H,14H2. The fourth-order valence-electron chi connectivity index (χ4n) is 3.54. The number of hydrogen-bond acceptors (Lipinski definition) is 2. The summed E-state index contributed by atoms with van der Waals surface area (Å²) in [4.78, 5) is 0. The van der Waals surface area contributed by atoms with Gasteiger partial charge >= 0.3 is 0 Å². The van der Waals surface area contributed by atoms with E-state index in [9.17, 15) is 0 Å². The normalized spacial score (nSPS) is 29.4. The molecule has 2 nitrogen and oxygen atoms in total. The first kappa shape index (κ1) is 12.8. The van der Waals surface area contributed by atoms with Gasteiger partial charge in [-0.2, -0.15) is 0 Å². The van der Waals surface area contributed by atoms with Gasteiger partial charge in [0.05, 0.1) is 0 Å². The minimum absolute atomic E-state index is 0.256. The topological polar surface area (TPSA) is 18.5 Å². The molecule has 2 aliphatic carbocycles. The van der Waals surface area contributed by atoms with Crippen molar-refractivity contribution in [3.05, 3.63) is 95.3 Å². The van der Waals surface area contributed by atoms with Gasteiger partial charge in [-0.1, -0.05) is 54.7 Å². The molecule has 4 aliphatic rings. The van der Waals surface area contributed by atoms with Crippen LogP contribution in [-0.2, 0) is 4.74 Å². The van der Waals surface area contributed by atoms with E-state index < -0.39 is 5.60 Å². The molecule has 23 heavy (non-hydrogen) atoms. The van der Waals surface area contributed by atoms with Crippen molar-refractivity contribution < 1.29 is 9.47 Å². The van der Waals surface area contributed by atoms with Crippen LogP contribution in [0.4, 0.5) is 0 Å². The minimum atomic E-state index is -0.515. The lowest BCUT2D eigenvalue weighted by atomic mass is 9.79. The highest BCUT2D eigenvalue weighted by Gasteiger charge is 2.39. The van der Waals surface area contributed by atoms with E-state index in [1.807, 2.05) is 18.2 Å². The molecule has 0 N–H and O–H groups in total. The summed E-state index contributed by atoms with van der Waals surface area (Å²) in [5, 5.41) is 0. The number of ether oxygens (including phenoxy) is 2. The first-order valence-electron chi connectivity index (χ1n) is 7.93. The van der Waals surface area contributed by atoms with Crippen LogP contribution in [0.5, 0.6) is 5.75 Å². The minimum Gasteiger partial charge on any atom is -0.488 e. The van der Waals surface area contributed by atoms with Crippen LogP contribution in [-0.4, -0.2) is 12.2 Å². The van der Waals surface area contributed by atoms with Crippen LogP contribution < -0.4 is 4.74 Å². The summed E-state index contributed by atoms with van der Waals surface area (Å²) in [5.74, 6) is 2.13. The van der Waals surface area contributed by atoms with Crippen molar-refractivity contribution in [1.29, 1.82) is 0 Å². The highest BCUT2D eigenvalue weighted by Crippen LogP contribution is 2.42. The third kappa shape index (κ3) is 1.95. The molecule has 0 amide bonds. The van der Waals surface area contributed by atoms with Gasteiger partial charge in [0.15, 0.2) is 5.60 Å². The maximum atomic E-state index is 6.31. The van der Waals surface area contributed by atoms with Crippen molar-refractivity contribution >= 4 is 6.08 Å². The molecule has 5 rings (SSSR count). The summed E-state index contributed by atoms with van der Waals surface area (Å²) in [6, 6.07) is 8.11. The van der Waals surface area contributed by atoms with Gasteiger partial charge in [-0.3, -0.25) is 0 Å². The van der Waals surface area contributed by atoms with Crippen molar-refractivity contribution in [1.82, 2.24) is 0 Å². The lowest BCUT2D eigenvalue weighted by Gasteiger charge is -2.39. The molecule has 2 heterocycles. The molecule has 2 heteroatoms. The molecule has 1 aromatic rings. The van der Waals surface area contributed by atoms with Crippen LogP contribution in [0.15, 0.2) is 89.8 Å². The summed E-state index contributed by atoms with van der Waals surface area (Å²) in [6.45, 7) is 0.503. The average molecular weight is 300 g/mol. The number of para-hydroxylation sites is 1. The van der Waals surface area contributed by atoms with Crippen molar-refractivity contribution in [3.63, 3.8) is 0 Å². The second kappa shape index (κ2) is 4.63. The lowest BCUT2D eigenvalue weighted by Crippen LogP contribution is -2.42. The van der Waals surface area contributed by atoms with E-state index >= 15 is 0 Å². The monoisotopic (exact) mass is 300 g/mol. The molecule has 112 valence electrons. The zero-order chi connectivity index (χ0) is 15.3. The Labute approximate surface area is 135 Å². The van der Waals surface area contributed by atoms with E-state index in [-0.39, 0.29) is 5.92 Å². The summed E-state index contributed by atoms with van der Waals surface area (Å²) >= 11 is 0. The number of allylic oxidation sites excluding steroid dienone is 8. The fourth-order valence-corrected chi connectivity index (χ4v) is 3.54. The van der Waals surface area contributed by atoms with Gasteiger partial charge in [0.2, 0.25) is 0 Å². The van der Waals surface area contributed by atoms with Crippen molar-refractivity contribution in [2.45, 2.75) is 5.60 Å². The van der Waals surface area contributed by atoms with E-state index in [1.165, 1.54) is 11.1 Å². The zero-order valence-electron chi connectivity index (χ0n) is 12.6. The lowest BCUT2D eigenvalue weighted by molar-refractivity contribution is 0.0538. The molecule has 2 unspecified atom stereocenters. The molecule has 0 fully saturated rings. The van der Waals surface area contributed by atoms with Gasteiger partial charge in [0.1, 0.15) is 18.1 Å². The first-order valence-corrected chi connectivity index (χ1v) is 7.93. The van der Waals surface area contributed by atoms with Gasteiger partial charge in [-0.05, 0) is 29.9 Å². The average Bonchev–Trinajstić information content (AvgIpc) is 2.61. The van der Waals surface area contributed by atoms with Crippen LogP contribution in [0.2, 0.25) is 0 Å². The second-order valence-corrected chi connectivity index (χ2v) is 6.24. The van der Waals surface area contributed by atoms with E-state index in [1.54, 1.807) is 0 Å². The number of hydrogen-bond donors (Lipinski definition) is 0. The molecule has 0 saturated carbocycles. The molecule has 1 aromatic carbocycles. The SMILES string of the molecule is C1=CC2=CC=C3OCC4(C=Cc5ccccc5O4)C=C3C2C=C1. The molecular formula is C21H16O2. The Kier molecular flexibility index (Phi) is 2.57. The fraction of sp³-hybridized carbons (Fsp3) is 0.143. The summed E-state index contributed by atoms with van der Waals surface area (Å²) in [6.07, 6.45) is 19.2. The third-order valence-corrected chi connectivity index (χ3v) is 4.73. The Bertz CT molecular complexity index is 864. The smallest absolute Gasteiger partial charge is 0.180 e. The Balaban J connectivity index is 1.59. The van der Waals surface area contributed by atoms with Crippen LogP contribution >= 0.6 is 0 Å². The van der Waals surface area contributed by atoms with E-state index in [4.69, 9.17) is 9.47 Å². The van der Waals surface area contributed by atoms with Crippen LogP contribution in [0.3, 0.4) is 0 Å². The maximum absolute atomic E-state index is 6.31. The van der Waals surface area contributed by atoms with Gasteiger partial charge in [-0.25, -0.2) is 0 Å². The third-order valence-electron chi connectivity index (χ3n) is 4.73. The molecule has 2 atom stereocenters. The number of rotatable bonds is 0. The zero-order valence-corrected chi connectivity index (χ0v) is 12.6. The summed E-state index contributed by atoms with van der Waals surface area (Å²) in [7, 11) is 0. The van der Waals surface area contributed by atoms with Crippen LogP contribution in [0.25, 0.3) is 6.08 Å². The van der Waals surface area contributed by atoms with Gasteiger partial charge in [-0.15, -0.1) is 0 Å². The highest BCUT2D eigenvalue weighted by atomic mass is 16.5. The second-order valence-electron chi connectivity index (χ2n) is 6.24. The van der Waals surface area contributed by atoms with Crippen molar-refractivity contribution in [3.8, 4) is 5.75 Å². The van der Waals surface area contributed by atoms with Gasteiger partial charge < -0.3 is 9.47 Å². The Morgan fingerprint density at radius 1 is 1.04 bits per heavy atom. The number of benzene rings is 1. The Morgan fingerprint density at radius 3 is 3.00 bits per heavy atom. The van der Waals surface area contributed by atoms with Gasteiger partial charge in [0.25, 0.3) is 0 Å². The molecule has 0 bridgehead atoms. The van der Waals surface area contributed by atoms with Crippen LogP contribution in [0.1, 0.15) is 5.56 Å². The highest BCUT2D eigenvalue weighted by molar-refractivity contribution is 5.63. The molecule has 0 radical (unpaired) electrons. The quantitative estimate of drug-likeness (QED) is 0.709. The number of fused-ring (bicyclic) bond motifs is 4. The Morgan fingerprint density at radius 2 is 2.00 bits per heavy atom. The summed E-state index contributed by atoms with van der Waals surface area (Å²) < 4.78 is 12.4. The van der Waals surface area contributed by atoms with Gasteiger partial charge in [0, 0.05) is 17.1 Å². The van der Waals surface area contributed by atoms with Crippen molar-refractivity contribution in [2.75, 3.05) is 6.61 Å². The molecule has 0 aromatic heterocycles. The predicted octanol–water partition coefficient (Wildman–Crippen LogP) is 4.35. The summed E-state index contributed by atoms with van der Waals surface area (Å²) in [5.41, 5.74) is 3.09. The van der Waals surface area contributed by atoms with E-state index in [0.717, 1.165) is 17.1 Å². The van der Waals surface area contributed by atoms with Crippen molar-refractivity contribution in [2.24, 2.45) is 5.92 Å². The molecular weight excluding hydrogens is 284 g/mol. The molecule has 0 saturated heterocycles. The maximum Gasteiger partial charge on any atom is 0.180 e. The predicted molar refractivity (Wildman–Crippen MR) is 90.8 cm³/mol. The van der Waals surface area contributed by atoms with E-state index in [0.29, 0.717) is 6.61 Å². The van der Waals surface area contributed by atoms with E-state index in [2.05, 4.69) is 60.8 Å². The molecule has 1 spiro atoms. The molecule has 2 aliphatic heterocycles. The largest absolute Gasteiger partial charge is 0.488 e.